The summed E-state index contributed by atoms with van der Waals surface area (Å²) in [4.78, 5) is 18.4. The van der Waals surface area contributed by atoms with Crippen LogP contribution in [0.4, 0.5) is 4.79 Å². The Kier molecular flexibility index (Phi) is 15.4. The van der Waals surface area contributed by atoms with E-state index in [0.29, 0.717) is 31.8 Å². The van der Waals surface area contributed by atoms with E-state index >= 15 is 0 Å². The molecule has 0 aromatic heterocycles. The third kappa shape index (κ3) is 13.1. The second-order valence-corrected chi connectivity index (χ2v) is 10.8. The second kappa shape index (κ2) is 17.7. The molecular weight excluding hydrogens is 478 g/mol. The molecule has 0 heterocycles. The third-order valence-electron chi connectivity index (χ3n) is 6.24. The van der Waals surface area contributed by atoms with Gasteiger partial charge in [-0.25, -0.2) is 9.79 Å². The van der Waals surface area contributed by atoms with Gasteiger partial charge in [0.2, 0.25) is 0 Å². The van der Waals surface area contributed by atoms with E-state index in [1.807, 2.05) is 56.9 Å². The lowest BCUT2D eigenvalue weighted by Crippen LogP contribution is -2.44. The Balaban J connectivity index is 2.87. The number of aliphatic imine (C=N–C) groups is 1. The van der Waals surface area contributed by atoms with Crippen molar-refractivity contribution in [3.05, 3.63) is 53.8 Å². The van der Waals surface area contributed by atoms with E-state index in [0.717, 1.165) is 37.0 Å². The van der Waals surface area contributed by atoms with Crippen LogP contribution in [0.25, 0.3) is 0 Å². The standard InChI is InChI=1S/C31H51N3O4/c1-9-12-14-25(13-10-2)19-20-38-28-17-15-26(16-18-28)21-34(22-27(35)11-3)23-32-24(4)29(31(5,6)7)33-30(36)37-8/h14-18,23,27,29,35H,4,9-13,19-22H2,1-3,5-8H3,(H,33,36). The minimum atomic E-state index is -0.527. The molecule has 0 aliphatic heterocycles. The normalized spacial score (nSPS) is 13.7. The number of amides is 1. The number of rotatable bonds is 17. The zero-order valence-electron chi connectivity index (χ0n) is 24.8. The van der Waals surface area contributed by atoms with Crippen molar-refractivity contribution in [2.24, 2.45) is 10.4 Å². The Morgan fingerprint density at radius 3 is 2.39 bits per heavy atom. The molecule has 2 atom stereocenters. The minimum Gasteiger partial charge on any atom is -0.493 e. The van der Waals surface area contributed by atoms with Crippen LogP contribution in [0.15, 0.2) is 53.2 Å². The number of hydrogen-bond donors (Lipinski definition) is 2. The molecule has 0 saturated carbocycles. The van der Waals surface area contributed by atoms with Crippen molar-refractivity contribution in [2.75, 3.05) is 20.3 Å². The molecule has 0 spiro atoms. The lowest BCUT2D eigenvalue weighted by Gasteiger charge is -2.31. The summed E-state index contributed by atoms with van der Waals surface area (Å²) in [5.41, 5.74) is 2.76. The van der Waals surface area contributed by atoms with E-state index in [9.17, 15) is 9.90 Å². The molecule has 0 bridgehead atoms. The summed E-state index contributed by atoms with van der Waals surface area (Å²) in [6.45, 7) is 18.1. The number of benzene rings is 1. The largest absolute Gasteiger partial charge is 0.493 e. The highest BCUT2D eigenvalue weighted by atomic mass is 16.5. The number of aliphatic hydroxyl groups excluding tert-OH is 1. The number of unbranched alkanes of at least 4 members (excludes halogenated alkanes) is 1. The number of aliphatic hydroxyl groups is 1. The van der Waals surface area contributed by atoms with Crippen LogP contribution >= 0.6 is 0 Å². The number of methoxy groups -OCH3 is 1. The number of carbonyl (C=O) groups is 1. The highest BCUT2D eigenvalue weighted by Gasteiger charge is 2.29. The fraction of sp³-hybridized carbons (Fsp3) is 0.613. The van der Waals surface area contributed by atoms with Gasteiger partial charge in [-0.2, -0.15) is 0 Å². The summed E-state index contributed by atoms with van der Waals surface area (Å²) in [5, 5.41) is 13.1. The molecule has 1 rings (SSSR count). The lowest BCUT2D eigenvalue weighted by molar-refractivity contribution is 0.138. The van der Waals surface area contributed by atoms with Gasteiger partial charge in [0.1, 0.15) is 5.75 Å². The number of allylic oxidation sites excluding steroid dienone is 1. The second-order valence-electron chi connectivity index (χ2n) is 10.8. The van der Waals surface area contributed by atoms with Crippen molar-refractivity contribution in [1.29, 1.82) is 0 Å². The summed E-state index contributed by atoms with van der Waals surface area (Å²) >= 11 is 0. The number of alkyl carbamates (subject to hydrolysis) is 1. The first kappa shape index (κ1) is 33.2. The molecule has 1 amide bonds. The molecular formula is C31H51N3O4. The van der Waals surface area contributed by atoms with Crippen LogP contribution in [0.5, 0.6) is 5.75 Å². The van der Waals surface area contributed by atoms with E-state index in [-0.39, 0.29) is 5.41 Å². The van der Waals surface area contributed by atoms with E-state index in [2.05, 4.69) is 36.8 Å². The molecule has 0 fully saturated rings. The molecule has 38 heavy (non-hydrogen) atoms. The van der Waals surface area contributed by atoms with Crippen molar-refractivity contribution in [1.82, 2.24) is 10.2 Å². The van der Waals surface area contributed by atoms with E-state index < -0.39 is 18.2 Å². The fourth-order valence-electron chi connectivity index (χ4n) is 3.98. The van der Waals surface area contributed by atoms with Crippen LogP contribution < -0.4 is 10.1 Å². The van der Waals surface area contributed by atoms with Crippen LogP contribution in [0.3, 0.4) is 0 Å². The number of hydrogen-bond acceptors (Lipinski definition) is 5. The molecule has 7 nitrogen and oxygen atoms in total. The Labute approximate surface area is 231 Å². The third-order valence-corrected chi connectivity index (χ3v) is 6.24. The number of ether oxygens (including phenoxy) is 2. The van der Waals surface area contributed by atoms with Crippen LogP contribution in [0.2, 0.25) is 0 Å². The van der Waals surface area contributed by atoms with Gasteiger partial charge in [0.15, 0.2) is 0 Å². The van der Waals surface area contributed by atoms with E-state index in [4.69, 9.17) is 9.47 Å². The summed E-state index contributed by atoms with van der Waals surface area (Å²) < 4.78 is 10.8. The summed E-state index contributed by atoms with van der Waals surface area (Å²) in [6, 6.07) is 7.66. The lowest BCUT2D eigenvalue weighted by atomic mass is 9.85. The Bertz CT molecular complexity index is 887. The Hall–Kier alpha value is -2.80. The van der Waals surface area contributed by atoms with Gasteiger partial charge in [0.25, 0.3) is 0 Å². The first-order chi connectivity index (χ1) is 18.0. The fourth-order valence-corrected chi connectivity index (χ4v) is 3.98. The van der Waals surface area contributed by atoms with E-state index in [1.165, 1.54) is 19.1 Å². The minimum absolute atomic E-state index is 0.310. The zero-order valence-corrected chi connectivity index (χ0v) is 24.8. The van der Waals surface area contributed by atoms with Crippen LogP contribution in [0.1, 0.15) is 85.6 Å². The molecule has 214 valence electrons. The Morgan fingerprint density at radius 1 is 1.16 bits per heavy atom. The van der Waals surface area contributed by atoms with Crippen molar-refractivity contribution in [2.45, 2.75) is 98.8 Å². The van der Waals surface area contributed by atoms with Gasteiger partial charge in [0.05, 0.1) is 37.9 Å². The van der Waals surface area contributed by atoms with Gasteiger partial charge in [0, 0.05) is 19.5 Å². The highest BCUT2D eigenvalue weighted by molar-refractivity contribution is 5.68. The zero-order chi connectivity index (χ0) is 28.6. The summed E-state index contributed by atoms with van der Waals surface area (Å²) in [5.74, 6) is 0.851. The quantitative estimate of drug-likeness (QED) is 0.131. The van der Waals surface area contributed by atoms with Gasteiger partial charge in [-0.15, -0.1) is 0 Å². The number of nitrogens with one attached hydrogen (secondary N) is 1. The first-order valence-corrected chi connectivity index (χ1v) is 13.9. The van der Waals surface area contributed by atoms with Gasteiger partial charge in [-0.1, -0.05) is 84.7 Å². The van der Waals surface area contributed by atoms with Crippen LogP contribution in [-0.2, 0) is 11.3 Å². The monoisotopic (exact) mass is 529 g/mol. The van der Waals surface area contributed by atoms with Crippen LogP contribution in [-0.4, -0.2) is 54.8 Å². The predicted octanol–water partition coefficient (Wildman–Crippen LogP) is 6.87. The molecule has 1 aromatic carbocycles. The van der Waals surface area contributed by atoms with Gasteiger partial charge in [-0.3, -0.25) is 0 Å². The molecule has 2 unspecified atom stereocenters. The van der Waals surface area contributed by atoms with Crippen molar-refractivity contribution in [3.8, 4) is 5.75 Å². The number of nitrogens with zero attached hydrogens (tertiary/aromatic N) is 2. The SMILES string of the molecule is C=C(N=CN(Cc1ccc(OCCC(=CCCC)CCC)cc1)CC(O)CC)C(NC(=O)OC)C(C)(C)C. The first-order valence-electron chi connectivity index (χ1n) is 13.9. The molecule has 0 aliphatic rings. The predicted molar refractivity (Wildman–Crippen MR) is 158 cm³/mol. The average Bonchev–Trinajstić information content (AvgIpc) is 2.88. The maximum absolute atomic E-state index is 11.9. The summed E-state index contributed by atoms with van der Waals surface area (Å²) in [6.07, 6.45) is 9.22. The molecule has 0 radical (unpaired) electrons. The highest BCUT2D eigenvalue weighted by Crippen LogP contribution is 2.25. The molecule has 0 saturated heterocycles. The van der Waals surface area contributed by atoms with Crippen molar-refractivity contribution in [3.63, 3.8) is 0 Å². The van der Waals surface area contributed by atoms with Gasteiger partial charge in [-0.05, 0) is 42.4 Å². The van der Waals surface area contributed by atoms with E-state index in [1.54, 1.807) is 6.34 Å². The van der Waals surface area contributed by atoms with Gasteiger partial charge < -0.3 is 24.8 Å². The van der Waals surface area contributed by atoms with Crippen LogP contribution in [0, 0.1) is 5.41 Å². The van der Waals surface area contributed by atoms with Crippen molar-refractivity contribution >= 4 is 12.4 Å². The maximum atomic E-state index is 11.9. The average molecular weight is 530 g/mol. The topological polar surface area (TPSA) is 83.4 Å². The molecule has 7 heteroatoms. The maximum Gasteiger partial charge on any atom is 0.407 e. The van der Waals surface area contributed by atoms with Gasteiger partial charge >= 0.3 is 6.09 Å². The Morgan fingerprint density at radius 2 is 1.84 bits per heavy atom. The molecule has 1 aromatic rings. The smallest absolute Gasteiger partial charge is 0.407 e. The molecule has 2 N–H and O–H groups in total. The number of carbonyl (C=O) groups excluding carboxylic acids is 1. The summed E-state index contributed by atoms with van der Waals surface area (Å²) in [7, 11) is 1.33. The van der Waals surface area contributed by atoms with Crippen molar-refractivity contribution < 1.29 is 19.4 Å². The molecule has 0 aliphatic carbocycles.